The van der Waals surface area contributed by atoms with Gasteiger partial charge in [0.05, 0.1) is 6.07 Å². The van der Waals surface area contributed by atoms with Crippen molar-refractivity contribution in [2.45, 2.75) is 13.8 Å². The monoisotopic (exact) mass is 160 g/mol. The van der Waals surface area contributed by atoms with E-state index < -0.39 is 0 Å². The summed E-state index contributed by atoms with van der Waals surface area (Å²) in [5, 5.41) is 11.3. The Morgan fingerprint density at radius 1 is 1.33 bits per heavy atom. The molecule has 0 bridgehead atoms. The minimum Gasteiger partial charge on any atom is -0.372 e. The van der Waals surface area contributed by atoms with E-state index >= 15 is 0 Å². The van der Waals surface area contributed by atoms with Gasteiger partial charge in [0.1, 0.15) is 6.54 Å². The fraction of sp³-hybridized carbons (Fsp3) is 0.300. The Kier molecular flexibility index (Phi) is 2.71. The van der Waals surface area contributed by atoms with Gasteiger partial charge in [-0.2, -0.15) is 5.26 Å². The van der Waals surface area contributed by atoms with Crippen LogP contribution in [0.15, 0.2) is 18.2 Å². The highest BCUT2D eigenvalue weighted by Crippen LogP contribution is 2.13. The van der Waals surface area contributed by atoms with Crippen LogP contribution in [0.3, 0.4) is 0 Å². The van der Waals surface area contributed by atoms with Crippen LogP contribution in [0, 0.1) is 25.2 Å². The maximum atomic E-state index is 8.34. The zero-order valence-corrected chi connectivity index (χ0v) is 7.39. The predicted molar refractivity (Wildman–Crippen MR) is 50.0 cm³/mol. The van der Waals surface area contributed by atoms with Gasteiger partial charge in [-0.1, -0.05) is 6.07 Å². The van der Waals surface area contributed by atoms with Crippen LogP contribution >= 0.6 is 0 Å². The lowest BCUT2D eigenvalue weighted by Gasteiger charge is -2.04. The fourth-order valence-electron chi connectivity index (χ4n) is 0.993. The first-order valence-corrected chi connectivity index (χ1v) is 3.92. The minimum absolute atomic E-state index is 0.364. The average molecular weight is 160 g/mol. The smallest absolute Gasteiger partial charge is 0.103 e. The van der Waals surface area contributed by atoms with E-state index in [2.05, 4.69) is 25.2 Å². The largest absolute Gasteiger partial charge is 0.372 e. The van der Waals surface area contributed by atoms with Gasteiger partial charge in [0, 0.05) is 5.69 Å². The lowest BCUT2D eigenvalue weighted by molar-refractivity contribution is 1.28. The first-order chi connectivity index (χ1) is 5.74. The Morgan fingerprint density at radius 3 is 2.67 bits per heavy atom. The van der Waals surface area contributed by atoms with Crippen molar-refractivity contribution in [3.8, 4) is 6.07 Å². The number of aryl methyl sites for hydroxylation is 2. The number of rotatable bonds is 2. The number of nitriles is 1. The lowest BCUT2D eigenvalue weighted by Crippen LogP contribution is -1.98. The topological polar surface area (TPSA) is 35.8 Å². The summed E-state index contributed by atoms with van der Waals surface area (Å²) >= 11 is 0. The summed E-state index contributed by atoms with van der Waals surface area (Å²) in [5.41, 5.74) is 3.54. The summed E-state index contributed by atoms with van der Waals surface area (Å²) in [6.07, 6.45) is 0. The highest BCUT2D eigenvalue weighted by atomic mass is 14.9. The maximum absolute atomic E-state index is 8.34. The van der Waals surface area contributed by atoms with E-state index in [-0.39, 0.29) is 0 Å². The zero-order valence-electron chi connectivity index (χ0n) is 7.39. The molecule has 0 fully saturated rings. The number of hydrogen-bond donors (Lipinski definition) is 1. The van der Waals surface area contributed by atoms with Crippen LogP contribution in [0.5, 0.6) is 0 Å². The maximum Gasteiger partial charge on any atom is 0.103 e. The molecule has 2 heteroatoms. The highest BCUT2D eigenvalue weighted by molar-refractivity contribution is 5.48. The number of nitrogens with zero attached hydrogens (tertiary/aromatic N) is 1. The second-order valence-corrected chi connectivity index (χ2v) is 2.81. The molecule has 12 heavy (non-hydrogen) atoms. The standard InChI is InChI=1S/C10H12N2/c1-8-3-4-10(7-9(8)2)12-6-5-11/h3-4,7,12H,6H2,1-2H3. The molecular weight excluding hydrogens is 148 g/mol. The van der Waals surface area contributed by atoms with Crippen molar-refractivity contribution < 1.29 is 0 Å². The quantitative estimate of drug-likeness (QED) is 0.673. The molecule has 1 aromatic rings. The molecule has 0 aromatic heterocycles. The van der Waals surface area contributed by atoms with Gasteiger partial charge in [-0.05, 0) is 37.1 Å². The van der Waals surface area contributed by atoms with E-state index in [0.717, 1.165) is 5.69 Å². The summed E-state index contributed by atoms with van der Waals surface area (Å²) in [4.78, 5) is 0. The van der Waals surface area contributed by atoms with Gasteiger partial charge in [-0.15, -0.1) is 0 Å². The predicted octanol–water partition coefficient (Wildman–Crippen LogP) is 2.24. The molecular formula is C10H12N2. The van der Waals surface area contributed by atoms with Crippen molar-refractivity contribution >= 4 is 5.69 Å². The molecule has 0 saturated carbocycles. The van der Waals surface area contributed by atoms with Gasteiger partial charge in [0.25, 0.3) is 0 Å². The molecule has 0 saturated heterocycles. The molecule has 0 amide bonds. The number of benzene rings is 1. The summed E-state index contributed by atoms with van der Waals surface area (Å²) in [7, 11) is 0. The number of anilines is 1. The summed E-state index contributed by atoms with van der Waals surface area (Å²) in [6, 6.07) is 8.12. The van der Waals surface area contributed by atoms with Crippen molar-refractivity contribution in [3.63, 3.8) is 0 Å². The summed E-state index contributed by atoms with van der Waals surface area (Å²) in [6.45, 7) is 4.50. The van der Waals surface area contributed by atoms with Crippen molar-refractivity contribution in [2.75, 3.05) is 11.9 Å². The molecule has 0 unspecified atom stereocenters. The molecule has 0 aliphatic rings. The van der Waals surface area contributed by atoms with Gasteiger partial charge < -0.3 is 5.32 Å². The van der Waals surface area contributed by atoms with Crippen molar-refractivity contribution in [3.05, 3.63) is 29.3 Å². The molecule has 0 heterocycles. The average Bonchev–Trinajstić information content (AvgIpc) is 2.07. The fourth-order valence-corrected chi connectivity index (χ4v) is 0.993. The molecule has 0 aliphatic heterocycles. The van der Waals surface area contributed by atoms with E-state index in [1.807, 2.05) is 18.2 Å². The molecule has 1 N–H and O–H groups in total. The van der Waals surface area contributed by atoms with Gasteiger partial charge in [0.2, 0.25) is 0 Å². The third-order valence-electron chi connectivity index (χ3n) is 1.88. The second-order valence-electron chi connectivity index (χ2n) is 2.81. The third kappa shape index (κ3) is 2.00. The second kappa shape index (κ2) is 3.77. The van der Waals surface area contributed by atoms with Crippen LogP contribution in [0.25, 0.3) is 0 Å². The van der Waals surface area contributed by atoms with Crippen molar-refractivity contribution in [1.82, 2.24) is 0 Å². The first kappa shape index (κ1) is 8.61. The number of hydrogen-bond acceptors (Lipinski definition) is 2. The van der Waals surface area contributed by atoms with Crippen LogP contribution in [-0.2, 0) is 0 Å². The molecule has 2 nitrogen and oxygen atoms in total. The van der Waals surface area contributed by atoms with E-state index in [1.54, 1.807) is 0 Å². The van der Waals surface area contributed by atoms with Crippen LogP contribution in [0.4, 0.5) is 5.69 Å². The van der Waals surface area contributed by atoms with Crippen LogP contribution in [-0.4, -0.2) is 6.54 Å². The molecule has 0 aliphatic carbocycles. The van der Waals surface area contributed by atoms with E-state index in [9.17, 15) is 0 Å². The van der Waals surface area contributed by atoms with Crippen molar-refractivity contribution in [2.24, 2.45) is 0 Å². The normalized spacial score (nSPS) is 9.08. The van der Waals surface area contributed by atoms with Crippen LogP contribution in [0.2, 0.25) is 0 Å². The SMILES string of the molecule is Cc1ccc(NCC#N)cc1C. The molecule has 62 valence electrons. The Morgan fingerprint density at radius 2 is 2.08 bits per heavy atom. The van der Waals surface area contributed by atoms with Crippen molar-refractivity contribution in [1.29, 1.82) is 5.26 Å². The van der Waals surface area contributed by atoms with Gasteiger partial charge in [0.15, 0.2) is 0 Å². The van der Waals surface area contributed by atoms with Gasteiger partial charge in [-0.3, -0.25) is 0 Å². The van der Waals surface area contributed by atoms with E-state index in [4.69, 9.17) is 5.26 Å². The first-order valence-electron chi connectivity index (χ1n) is 3.92. The Labute approximate surface area is 72.8 Å². The Balaban J connectivity index is 2.77. The lowest BCUT2D eigenvalue weighted by atomic mass is 10.1. The summed E-state index contributed by atoms with van der Waals surface area (Å²) < 4.78 is 0. The van der Waals surface area contributed by atoms with E-state index in [1.165, 1.54) is 11.1 Å². The Hall–Kier alpha value is -1.49. The van der Waals surface area contributed by atoms with E-state index in [0.29, 0.717) is 6.54 Å². The highest BCUT2D eigenvalue weighted by Gasteiger charge is 1.93. The van der Waals surface area contributed by atoms with Crippen LogP contribution < -0.4 is 5.32 Å². The molecule has 0 radical (unpaired) electrons. The molecule has 0 spiro atoms. The van der Waals surface area contributed by atoms with Gasteiger partial charge in [-0.25, -0.2) is 0 Å². The molecule has 1 rings (SSSR count). The minimum atomic E-state index is 0.364. The van der Waals surface area contributed by atoms with Gasteiger partial charge >= 0.3 is 0 Å². The number of nitrogens with one attached hydrogen (secondary N) is 1. The Bertz CT molecular complexity index is 310. The summed E-state index contributed by atoms with van der Waals surface area (Å²) in [5.74, 6) is 0. The van der Waals surface area contributed by atoms with Crippen LogP contribution in [0.1, 0.15) is 11.1 Å². The third-order valence-corrected chi connectivity index (χ3v) is 1.88. The molecule has 0 atom stereocenters. The zero-order chi connectivity index (χ0) is 8.97. The molecule has 1 aromatic carbocycles.